The summed E-state index contributed by atoms with van der Waals surface area (Å²) in [7, 11) is 0. The SMILES string of the molecule is Cc1c(C)c2cc(Cl)c3c(c2oc1=O)C[NH+](CCc1ccc(F)cc1)CO3. The van der Waals surface area contributed by atoms with Crippen molar-refractivity contribution in [2.45, 2.75) is 26.8 Å². The van der Waals surface area contributed by atoms with Gasteiger partial charge in [-0.3, -0.25) is 4.90 Å². The Morgan fingerprint density at radius 1 is 1.19 bits per heavy atom. The van der Waals surface area contributed by atoms with Gasteiger partial charge in [0.1, 0.15) is 12.4 Å². The quantitative estimate of drug-likeness (QED) is 0.701. The zero-order valence-corrected chi connectivity index (χ0v) is 16.0. The first kappa shape index (κ1) is 18.0. The monoisotopic (exact) mass is 388 g/mol. The molecule has 1 aliphatic rings. The van der Waals surface area contributed by atoms with Crippen molar-refractivity contribution in [1.29, 1.82) is 0 Å². The maximum absolute atomic E-state index is 13.1. The number of fused-ring (bicyclic) bond motifs is 3. The summed E-state index contributed by atoms with van der Waals surface area (Å²) in [6.45, 7) is 5.60. The molecule has 2 heterocycles. The van der Waals surface area contributed by atoms with Crippen LogP contribution in [-0.4, -0.2) is 13.3 Å². The second kappa shape index (κ2) is 6.98. The number of halogens is 2. The zero-order chi connectivity index (χ0) is 19.1. The summed E-state index contributed by atoms with van der Waals surface area (Å²) in [5, 5.41) is 1.38. The molecule has 0 spiro atoms. The second-order valence-electron chi connectivity index (χ2n) is 7.02. The lowest BCUT2D eigenvalue weighted by Crippen LogP contribution is -3.12. The lowest BCUT2D eigenvalue weighted by molar-refractivity contribution is -0.932. The minimum atomic E-state index is -0.331. The van der Waals surface area contributed by atoms with Gasteiger partial charge in [0.25, 0.3) is 0 Å². The van der Waals surface area contributed by atoms with Crippen LogP contribution in [-0.2, 0) is 13.0 Å². The van der Waals surface area contributed by atoms with Crippen molar-refractivity contribution in [2.24, 2.45) is 0 Å². The Hall–Kier alpha value is -2.37. The fraction of sp³-hybridized carbons (Fsp3) is 0.286. The van der Waals surface area contributed by atoms with Crippen molar-refractivity contribution in [3.8, 4) is 5.75 Å². The Morgan fingerprint density at radius 2 is 1.93 bits per heavy atom. The van der Waals surface area contributed by atoms with E-state index < -0.39 is 0 Å². The van der Waals surface area contributed by atoms with Crippen LogP contribution in [0.1, 0.15) is 22.3 Å². The Balaban J connectivity index is 1.65. The topological polar surface area (TPSA) is 43.9 Å². The van der Waals surface area contributed by atoms with Gasteiger partial charge in [0.05, 0.1) is 17.1 Å². The fourth-order valence-corrected chi connectivity index (χ4v) is 3.79. The van der Waals surface area contributed by atoms with Gasteiger partial charge in [-0.25, -0.2) is 9.18 Å². The molecular weight excluding hydrogens is 369 g/mol. The standard InChI is InChI=1S/C21H19ClFNO3/c1-12-13(2)21(25)27-19-16(12)9-18(22)20-17(19)10-24(11-26-20)8-7-14-3-5-15(23)6-4-14/h3-6,9H,7-8,10-11H2,1-2H3/p+1. The molecule has 1 atom stereocenters. The van der Waals surface area contributed by atoms with Crippen LogP contribution in [0.25, 0.3) is 11.0 Å². The summed E-state index contributed by atoms with van der Waals surface area (Å²) in [5.74, 6) is 0.365. The zero-order valence-electron chi connectivity index (χ0n) is 15.2. The number of aryl methyl sites for hydroxylation is 1. The van der Waals surface area contributed by atoms with Gasteiger partial charge in [0.2, 0.25) is 6.73 Å². The molecule has 1 aromatic heterocycles. The summed E-state index contributed by atoms with van der Waals surface area (Å²) < 4.78 is 24.6. The number of benzene rings is 2. The molecule has 0 amide bonds. The van der Waals surface area contributed by atoms with E-state index >= 15 is 0 Å². The first-order valence-corrected chi connectivity index (χ1v) is 9.28. The number of rotatable bonds is 3. The molecule has 0 saturated carbocycles. The molecule has 2 aromatic carbocycles. The van der Waals surface area contributed by atoms with Crippen molar-refractivity contribution >= 4 is 22.6 Å². The van der Waals surface area contributed by atoms with E-state index in [0.717, 1.165) is 35.0 Å². The first-order valence-electron chi connectivity index (χ1n) is 8.90. The molecule has 0 bridgehead atoms. The average molecular weight is 389 g/mol. The Morgan fingerprint density at radius 3 is 2.67 bits per heavy atom. The van der Waals surface area contributed by atoms with Crippen molar-refractivity contribution in [1.82, 2.24) is 0 Å². The summed E-state index contributed by atoms with van der Waals surface area (Å²) in [6, 6.07) is 8.35. The smallest absolute Gasteiger partial charge is 0.339 e. The van der Waals surface area contributed by atoms with Gasteiger partial charge in [-0.2, -0.15) is 0 Å². The molecule has 4 nitrogen and oxygen atoms in total. The van der Waals surface area contributed by atoms with E-state index in [1.807, 2.05) is 13.0 Å². The number of hydrogen-bond donors (Lipinski definition) is 1. The third-order valence-electron chi connectivity index (χ3n) is 5.28. The molecule has 0 fully saturated rings. The van der Waals surface area contributed by atoms with Gasteiger partial charge < -0.3 is 9.15 Å². The second-order valence-corrected chi connectivity index (χ2v) is 7.43. The minimum absolute atomic E-state index is 0.233. The van der Waals surface area contributed by atoms with Gasteiger partial charge in [0.15, 0.2) is 11.3 Å². The summed E-state index contributed by atoms with van der Waals surface area (Å²) >= 11 is 6.43. The molecule has 0 radical (unpaired) electrons. The number of nitrogens with one attached hydrogen (secondary N) is 1. The minimum Gasteiger partial charge on any atom is -0.443 e. The van der Waals surface area contributed by atoms with E-state index in [1.165, 1.54) is 17.0 Å². The Kier molecular flexibility index (Phi) is 4.66. The maximum Gasteiger partial charge on any atom is 0.339 e. The van der Waals surface area contributed by atoms with Gasteiger partial charge >= 0.3 is 5.63 Å². The van der Waals surface area contributed by atoms with Crippen molar-refractivity contribution < 1.29 is 18.4 Å². The predicted octanol–water partition coefficient (Wildman–Crippen LogP) is 3.18. The normalized spacial score (nSPS) is 16.2. The summed E-state index contributed by atoms with van der Waals surface area (Å²) in [5.41, 5.74) is 3.60. The molecule has 140 valence electrons. The van der Waals surface area contributed by atoms with Crippen LogP contribution in [0.15, 0.2) is 39.5 Å². The predicted molar refractivity (Wildman–Crippen MR) is 102 cm³/mol. The van der Waals surface area contributed by atoms with Gasteiger partial charge in [0, 0.05) is 17.4 Å². The molecule has 4 rings (SSSR count). The summed E-state index contributed by atoms with van der Waals surface area (Å²) in [6.07, 6.45) is 0.800. The first-order chi connectivity index (χ1) is 12.9. The highest BCUT2D eigenvalue weighted by Crippen LogP contribution is 2.37. The average Bonchev–Trinajstić information content (AvgIpc) is 2.67. The molecular formula is C21H20ClFNO3+. The molecule has 27 heavy (non-hydrogen) atoms. The van der Waals surface area contributed by atoms with Crippen LogP contribution in [0.5, 0.6) is 5.75 Å². The van der Waals surface area contributed by atoms with Gasteiger partial charge in [-0.15, -0.1) is 0 Å². The Labute approximate surface area is 161 Å². The van der Waals surface area contributed by atoms with Crippen LogP contribution in [0.3, 0.4) is 0 Å². The Bertz CT molecular complexity index is 1080. The third kappa shape index (κ3) is 3.33. The molecule has 0 aliphatic carbocycles. The molecule has 6 heteroatoms. The largest absolute Gasteiger partial charge is 0.443 e. The highest BCUT2D eigenvalue weighted by molar-refractivity contribution is 6.33. The van der Waals surface area contributed by atoms with Gasteiger partial charge in [-0.1, -0.05) is 23.7 Å². The number of ether oxygens (including phenoxy) is 1. The number of quaternary nitrogens is 1. The summed E-state index contributed by atoms with van der Waals surface area (Å²) in [4.78, 5) is 13.4. The molecule has 1 aliphatic heterocycles. The third-order valence-corrected chi connectivity index (χ3v) is 5.56. The van der Waals surface area contributed by atoms with Crippen LogP contribution >= 0.6 is 11.6 Å². The molecule has 0 saturated heterocycles. The van der Waals surface area contributed by atoms with Gasteiger partial charge in [-0.05, 0) is 43.2 Å². The highest BCUT2D eigenvalue weighted by atomic mass is 35.5. The molecule has 3 aromatic rings. The highest BCUT2D eigenvalue weighted by Gasteiger charge is 2.27. The van der Waals surface area contributed by atoms with Crippen molar-refractivity contribution in [3.05, 3.63) is 73.8 Å². The maximum atomic E-state index is 13.1. The van der Waals surface area contributed by atoms with E-state index in [-0.39, 0.29) is 11.4 Å². The van der Waals surface area contributed by atoms with Crippen LogP contribution in [0.2, 0.25) is 5.02 Å². The van der Waals surface area contributed by atoms with Crippen LogP contribution < -0.4 is 15.3 Å². The van der Waals surface area contributed by atoms with E-state index in [1.54, 1.807) is 19.1 Å². The molecule has 1 N–H and O–H groups in total. The van der Waals surface area contributed by atoms with Crippen LogP contribution in [0, 0.1) is 19.7 Å². The fourth-order valence-electron chi connectivity index (χ4n) is 3.51. The lowest BCUT2D eigenvalue weighted by atomic mass is 10.0. The number of hydrogen-bond acceptors (Lipinski definition) is 3. The lowest BCUT2D eigenvalue weighted by Gasteiger charge is -2.27. The molecule has 1 unspecified atom stereocenters. The van der Waals surface area contributed by atoms with E-state index in [4.69, 9.17) is 20.8 Å². The van der Waals surface area contributed by atoms with E-state index in [9.17, 15) is 9.18 Å². The van der Waals surface area contributed by atoms with E-state index in [2.05, 4.69) is 0 Å². The van der Waals surface area contributed by atoms with E-state index in [0.29, 0.717) is 35.2 Å². The van der Waals surface area contributed by atoms with Crippen LogP contribution in [0.4, 0.5) is 4.39 Å². The van der Waals surface area contributed by atoms with Crippen molar-refractivity contribution in [2.75, 3.05) is 13.3 Å². The van der Waals surface area contributed by atoms with Crippen molar-refractivity contribution in [3.63, 3.8) is 0 Å².